The second kappa shape index (κ2) is 7.77. The summed E-state index contributed by atoms with van der Waals surface area (Å²) in [5.74, 6) is 1.84. The Morgan fingerprint density at radius 3 is 2.70 bits per heavy atom. The normalized spacial score (nSPS) is 26.0. The summed E-state index contributed by atoms with van der Waals surface area (Å²) in [5, 5.41) is 3.25. The summed E-state index contributed by atoms with van der Waals surface area (Å²) >= 11 is 0. The molecule has 0 unspecified atom stereocenters. The van der Waals surface area contributed by atoms with Crippen molar-refractivity contribution in [2.24, 2.45) is 5.92 Å². The highest BCUT2D eigenvalue weighted by Crippen LogP contribution is 2.23. The molecule has 2 atom stereocenters. The highest BCUT2D eigenvalue weighted by Gasteiger charge is 2.24. The van der Waals surface area contributed by atoms with E-state index in [1.54, 1.807) is 0 Å². The van der Waals surface area contributed by atoms with Crippen LogP contribution in [0.1, 0.15) is 32.6 Å². The maximum Gasteiger partial charge on any atom is 0.234 e. The summed E-state index contributed by atoms with van der Waals surface area (Å²) < 4.78 is 0. The molecule has 5 heteroatoms. The first kappa shape index (κ1) is 16.2. The predicted molar refractivity (Wildman–Crippen MR) is 92.5 cm³/mol. The van der Waals surface area contributed by atoms with Crippen LogP contribution in [0.3, 0.4) is 0 Å². The zero-order valence-corrected chi connectivity index (χ0v) is 14.1. The number of hydrogen-bond acceptors (Lipinski definition) is 4. The number of rotatable bonds is 4. The Balaban J connectivity index is 1.42. The van der Waals surface area contributed by atoms with Crippen LogP contribution in [-0.2, 0) is 4.79 Å². The van der Waals surface area contributed by atoms with E-state index in [2.05, 4.69) is 27.0 Å². The second-order valence-corrected chi connectivity index (χ2v) is 6.89. The van der Waals surface area contributed by atoms with Gasteiger partial charge >= 0.3 is 0 Å². The first-order valence-corrected chi connectivity index (χ1v) is 8.90. The number of carbonyl (C=O) groups is 1. The van der Waals surface area contributed by atoms with Crippen LogP contribution in [0.25, 0.3) is 0 Å². The average Bonchev–Trinajstić information content (AvgIpc) is 2.58. The van der Waals surface area contributed by atoms with Crippen molar-refractivity contribution in [2.75, 3.05) is 37.6 Å². The van der Waals surface area contributed by atoms with Gasteiger partial charge in [0.25, 0.3) is 0 Å². The number of nitrogens with one attached hydrogen (secondary N) is 1. The van der Waals surface area contributed by atoms with Gasteiger partial charge in [-0.3, -0.25) is 9.69 Å². The third-order valence-corrected chi connectivity index (χ3v) is 5.17. The lowest BCUT2D eigenvalue weighted by molar-refractivity contribution is -0.123. The van der Waals surface area contributed by atoms with Crippen molar-refractivity contribution in [3.8, 4) is 0 Å². The molecule has 1 aromatic heterocycles. The Hall–Kier alpha value is -1.62. The van der Waals surface area contributed by atoms with Crippen LogP contribution in [-0.4, -0.2) is 54.6 Å². The van der Waals surface area contributed by atoms with Crippen LogP contribution in [0, 0.1) is 5.92 Å². The van der Waals surface area contributed by atoms with Gasteiger partial charge in [0.2, 0.25) is 5.91 Å². The average molecular weight is 316 g/mol. The van der Waals surface area contributed by atoms with Crippen LogP contribution >= 0.6 is 0 Å². The van der Waals surface area contributed by atoms with Gasteiger partial charge in [-0.1, -0.05) is 25.8 Å². The molecule has 0 bridgehead atoms. The van der Waals surface area contributed by atoms with Gasteiger partial charge < -0.3 is 10.2 Å². The van der Waals surface area contributed by atoms with Crippen LogP contribution in [0.4, 0.5) is 5.82 Å². The third kappa shape index (κ3) is 4.44. The summed E-state index contributed by atoms with van der Waals surface area (Å²) in [6.45, 7) is 6.50. The minimum Gasteiger partial charge on any atom is -0.354 e. The van der Waals surface area contributed by atoms with E-state index in [1.165, 1.54) is 19.3 Å². The number of piperazine rings is 1. The van der Waals surface area contributed by atoms with Crippen molar-refractivity contribution < 1.29 is 4.79 Å². The molecule has 0 radical (unpaired) electrons. The van der Waals surface area contributed by atoms with E-state index in [9.17, 15) is 4.79 Å². The Kier molecular flexibility index (Phi) is 5.49. The fourth-order valence-corrected chi connectivity index (χ4v) is 3.66. The van der Waals surface area contributed by atoms with Gasteiger partial charge in [0.15, 0.2) is 0 Å². The fourth-order valence-electron chi connectivity index (χ4n) is 3.66. The Morgan fingerprint density at radius 2 is 2.00 bits per heavy atom. The zero-order valence-electron chi connectivity index (χ0n) is 14.1. The SMILES string of the molecule is C[C@@H]1CCCC[C@@H]1NC(=O)CN1CCN(c2ccccn2)CC1. The van der Waals surface area contributed by atoms with E-state index < -0.39 is 0 Å². The molecule has 1 aliphatic heterocycles. The Morgan fingerprint density at radius 1 is 1.22 bits per heavy atom. The van der Waals surface area contributed by atoms with Crippen molar-refractivity contribution in [3.05, 3.63) is 24.4 Å². The fraction of sp³-hybridized carbons (Fsp3) is 0.667. The summed E-state index contributed by atoms with van der Waals surface area (Å²) in [5.41, 5.74) is 0. The van der Waals surface area contributed by atoms with E-state index in [-0.39, 0.29) is 5.91 Å². The number of amides is 1. The summed E-state index contributed by atoms with van der Waals surface area (Å²) in [6, 6.07) is 6.39. The molecule has 2 aliphatic rings. The first-order valence-electron chi connectivity index (χ1n) is 8.90. The standard InChI is InChI=1S/C18H28N4O/c1-15-6-2-3-7-16(15)20-18(23)14-21-10-12-22(13-11-21)17-8-4-5-9-19-17/h4-5,8-9,15-16H,2-3,6-7,10-14H2,1H3,(H,20,23)/t15-,16+/m1/s1. The maximum atomic E-state index is 12.3. The second-order valence-electron chi connectivity index (χ2n) is 6.89. The lowest BCUT2D eigenvalue weighted by Crippen LogP contribution is -2.51. The molecule has 1 N–H and O–H groups in total. The number of anilines is 1. The minimum atomic E-state index is 0.190. The number of pyridine rings is 1. The molecule has 1 saturated carbocycles. The molecule has 23 heavy (non-hydrogen) atoms. The smallest absolute Gasteiger partial charge is 0.234 e. The highest BCUT2D eigenvalue weighted by molar-refractivity contribution is 5.78. The largest absolute Gasteiger partial charge is 0.354 e. The zero-order chi connectivity index (χ0) is 16.1. The van der Waals surface area contributed by atoms with Crippen molar-refractivity contribution in [1.29, 1.82) is 0 Å². The monoisotopic (exact) mass is 316 g/mol. The minimum absolute atomic E-state index is 0.190. The number of carbonyl (C=O) groups excluding carboxylic acids is 1. The van der Waals surface area contributed by atoms with E-state index in [1.807, 2.05) is 24.4 Å². The maximum absolute atomic E-state index is 12.3. The molecular formula is C18H28N4O. The van der Waals surface area contributed by atoms with Gasteiger partial charge in [0.1, 0.15) is 5.82 Å². The van der Waals surface area contributed by atoms with Crippen LogP contribution in [0.15, 0.2) is 24.4 Å². The van der Waals surface area contributed by atoms with Gasteiger partial charge in [-0.2, -0.15) is 0 Å². The topological polar surface area (TPSA) is 48.5 Å². The first-order chi connectivity index (χ1) is 11.2. The van der Waals surface area contributed by atoms with Crippen LogP contribution in [0.5, 0.6) is 0 Å². The van der Waals surface area contributed by atoms with E-state index in [0.29, 0.717) is 18.5 Å². The van der Waals surface area contributed by atoms with Gasteiger partial charge in [-0.05, 0) is 30.9 Å². The molecule has 1 aliphatic carbocycles. The number of aromatic nitrogens is 1. The lowest BCUT2D eigenvalue weighted by Gasteiger charge is -2.35. The van der Waals surface area contributed by atoms with E-state index >= 15 is 0 Å². The summed E-state index contributed by atoms with van der Waals surface area (Å²) in [4.78, 5) is 21.2. The molecular weight excluding hydrogens is 288 g/mol. The van der Waals surface area contributed by atoms with Gasteiger partial charge in [0.05, 0.1) is 6.54 Å². The van der Waals surface area contributed by atoms with Crippen LogP contribution < -0.4 is 10.2 Å². The lowest BCUT2D eigenvalue weighted by atomic mass is 9.86. The molecule has 1 aromatic rings. The van der Waals surface area contributed by atoms with Gasteiger partial charge in [-0.15, -0.1) is 0 Å². The highest BCUT2D eigenvalue weighted by atomic mass is 16.2. The molecule has 3 rings (SSSR count). The van der Waals surface area contributed by atoms with Crippen molar-refractivity contribution in [1.82, 2.24) is 15.2 Å². The molecule has 126 valence electrons. The van der Waals surface area contributed by atoms with Gasteiger partial charge in [-0.25, -0.2) is 4.98 Å². The molecule has 0 spiro atoms. The molecule has 1 amide bonds. The van der Waals surface area contributed by atoms with E-state index in [0.717, 1.165) is 38.4 Å². The number of hydrogen-bond donors (Lipinski definition) is 1. The van der Waals surface area contributed by atoms with Crippen LogP contribution in [0.2, 0.25) is 0 Å². The van der Waals surface area contributed by atoms with Crippen molar-refractivity contribution in [3.63, 3.8) is 0 Å². The predicted octanol–water partition coefficient (Wildman–Crippen LogP) is 1.90. The third-order valence-electron chi connectivity index (χ3n) is 5.17. The molecule has 1 saturated heterocycles. The van der Waals surface area contributed by atoms with E-state index in [4.69, 9.17) is 0 Å². The molecule has 2 fully saturated rings. The quantitative estimate of drug-likeness (QED) is 0.922. The molecule has 2 heterocycles. The summed E-state index contributed by atoms with van der Waals surface area (Å²) in [6.07, 6.45) is 6.77. The van der Waals surface area contributed by atoms with Crippen molar-refractivity contribution in [2.45, 2.75) is 38.6 Å². The molecule has 0 aromatic carbocycles. The van der Waals surface area contributed by atoms with Gasteiger partial charge in [0, 0.05) is 38.4 Å². The Labute approximate surface area is 139 Å². The summed E-state index contributed by atoms with van der Waals surface area (Å²) in [7, 11) is 0. The molecule has 5 nitrogen and oxygen atoms in total. The number of nitrogens with zero attached hydrogens (tertiary/aromatic N) is 3. The van der Waals surface area contributed by atoms with Crippen molar-refractivity contribution >= 4 is 11.7 Å². The Bertz CT molecular complexity index is 499.